The molecule has 0 saturated carbocycles. The number of hydrogen-bond acceptors (Lipinski definition) is 8. The molecule has 2 aromatic heterocycles. The fraction of sp³-hybridized carbons (Fsp3) is 0.583. The van der Waals surface area contributed by atoms with Gasteiger partial charge < -0.3 is 20.1 Å². The molecule has 12 heteroatoms. The first kappa shape index (κ1) is 17.4. The highest BCUT2D eigenvalue weighted by Gasteiger charge is 2.44. The lowest BCUT2D eigenvalue weighted by molar-refractivity contribution is -0.105. The summed E-state index contributed by atoms with van der Waals surface area (Å²) in [6, 6.07) is 0. The zero-order valence-electron chi connectivity index (χ0n) is 11.9. The van der Waals surface area contributed by atoms with Crippen LogP contribution >= 0.6 is 11.8 Å². The van der Waals surface area contributed by atoms with Crippen LogP contribution in [0.25, 0.3) is 11.0 Å². The van der Waals surface area contributed by atoms with E-state index >= 15 is 0 Å². The molecule has 0 aromatic carbocycles. The van der Waals surface area contributed by atoms with Crippen molar-refractivity contribution in [1.82, 2.24) is 20.2 Å². The monoisotopic (exact) mass is 366 g/mol. The number of halogens is 3. The average molecular weight is 366 g/mol. The molecule has 0 unspecified atom stereocenters. The Kier molecular flexibility index (Phi) is 4.66. The largest absolute Gasteiger partial charge is 0.398 e. The minimum atomic E-state index is -4.36. The Morgan fingerprint density at radius 2 is 1.96 bits per heavy atom. The molecule has 8 nitrogen and oxygen atoms in total. The van der Waals surface area contributed by atoms with Crippen LogP contribution in [0.2, 0.25) is 0 Å². The normalized spacial score (nSPS) is 27.9. The van der Waals surface area contributed by atoms with Crippen LogP contribution in [-0.2, 0) is 4.74 Å². The molecular weight excluding hydrogens is 353 g/mol. The van der Waals surface area contributed by atoms with Gasteiger partial charge in [-0.15, -0.1) is 0 Å². The number of thioether (sulfide) groups is 1. The van der Waals surface area contributed by atoms with Crippen molar-refractivity contribution >= 4 is 22.8 Å². The van der Waals surface area contributed by atoms with E-state index in [1.807, 2.05) is 0 Å². The molecule has 0 spiro atoms. The number of aliphatic hydroxyl groups is 3. The van der Waals surface area contributed by atoms with Gasteiger partial charge in [0.1, 0.15) is 46.8 Å². The van der Waals surface area contributed by atoms with Crippen molar-refractivity contribution in [2.24, 2.45) is 0 Å². The first-order chi connectivity index (χ1) is 11.3. The molecule has 4 N–H and O–H groups in total. The SMILES string of the molecule is OC[C@H]1O[C@@H](c2[nH]nc3c(SCC(F)(F)F)ncnc23)[C@H](O)[C@@H]1O. The van der Waals surface area contributed by atoms with Crippen LogP contribution in [0.15, 0.2) is 11.4 Å². The highest BCUT2D eigenvalue weighted by Crippen LogP contribution is 2.37. The molecule has 24 heavy (non-hydrogen) atoms. The van der Waals surface area contributed by atoms with Gasteiger partial charge in [-0.05, 0) is 0 Å². The molecule has 0 radical (unpaired) electrons. The van der Waals surface area contributed by atoms with Crippen molar-refractivity contribution in [1.29, 1.82) is 0 Å². The van der Waals surface area contributed by atoms with Crippen molar-refractivity contribution in [2.45, 2.75) is 35.6 Å². The van der Waals surface area contributed by atoms with Gasteiger partial charge in [0.2, 0.25) is 0 Å². The van der Waals surface area contributed by atoms with Crippen molar-refractivity contribution < 1.29 is 33.2 Å². The van der Waals surface area contributed by atoms with Crippen LogP contribution in [0.1, 0.15) is 11.8 Å². The van der Waals surface area contributed by atoms with Gasteiger partial charge in [-0.3, -0.25) is 5.10 Å². The Hall–Kier alpha value is -1.47. The lowest BCUT2D eigenvalue weighted by Gasteiger charge is -2.12. The zero-order valence-corrected chi connectivity index (χ0v) is 12.8. The topological polar surface area (TPSA) is 124 Å². The van der Waals surface area contributed by atoms with Gasteiger partial charge in [-0.25, -0.2) is 9.97 Å². The number of alkyl halides is 3. The van der Waals surface area contributed by atoms with E-state index in [1.54, 1.807) is 0 Å². The number of nitrogens with one attached hydrogen (secondary N) is 1. The van der Waals surface area contributed by atoms with Crippen LogP contribution in [0.3, 0.4) is 0 Å². The predicted molar refractivity (Wildman–Crippen MR) is 75.2 cm³/mol. The standard InChI is InChI=1S/C12H13F3N4O4S/c13-12(14,15)2-24-11-7-5(16-3-17-11)6(18-19-7)10-9(22)8(21)4(1-20)23-10/h3-4,8-10,20-22H,1-2H2,(H,18,19)/t4-,8-,9-,10+/m1/s1. The molecule has 0 bridgehead atoms. The van der Waals surface area contributed by atoms with Gasteiger partial charge in [-0.1, -0.05) is 11.8 Å². The number of hydrogen-bond donors (Lipinski definition) is 4. The number of aromatic nitrogens is 4. The Labute approximate surface area is 137 Å². The Bertz CT molecular complexity index is 728. The van der Waals surface area contributed by atoms with Crippen LogP contribution in [0.5, 0.6) is 0 Å². The highest BCUT2D eigenvalue weighted by molar-refractivity contribution is 7.99. The molecule has 4 atom stereocenters. The van der Waals surface area contributed by atoms with E-state index < -0.39 is 43.0 Å². The molecule has 0 aliphatic carbocycles. The van der Waals surface area contributed by atoms with Crippen molar-refractivity contribution in [3.63, 3.8) is 0 Å². The summed E-state index contributed by atoms with van der Waals surface area (Å²) in [5, 5.41) is 35.4. The van der Waals surface area contributed by atoms with Gasteiger partial charge in [0.05, 0.1) is 18.1 Å². The summed E-state index contributed by atoms with van der Waals surface area (Å²) in [6.45, 7) is -0.498. The second-order valence-corrected chi connectivity index (χ2v) is 6.14. The second-order valence-electron chi connectivity index (χ2n) is 5.18. The minimum Gasteiger partial charge on any atom is -0.394 e. The summed E-state index contributed by atoms with van der Waals surface area (Å²) < 4.78 is 42.5. The fourth-order valence-corrected chi connectivity index (χ4v) is 3.12. The molecular formula is C12H13F3N4O4S. The van der Waals surface area contributed by atoms with Crippen LogP contribution < -0.4 is 0 Å². The maximum absolute atomic E-state index is 12.4. The molecule has 3 rings (SSSR count). The first-order valence-corrected chi connectivity index (χ1v) is 7.81. The number of H-pyrrole nitrogens is 1. The van der Waals surface area contributed by atoms with Crippen LogP contribution in [0.4, 0.5) is 13.2 Å². The highest BCUT2D eigenvalue weighted by atomic mass is 32.2. The molecule has 1 aliphatic rings. The number of nitrogens with zero attached hydrogens (tertiary/aromatic N) is 3. The van der Waals surface area contributed by atoms with Gasteiger partial charge >= 0.3 is 6.18 Å². The van der Waals surface area contributed by atoms with E-state index in [2.05, 4.69) is 20.2 Å². The third-order valence-electron chi connectivity index (χ3n) is 3.53. The van der Waals surface area contributed by atoms with E-state index in [4.69, 9.17) is 9.84 Å². The van der Waals surface area contributed by atoms with E-state index in [1.165, 1.54) is 0 Å². The van der Waals surface area contributed by atoms with Crippen molar-refractivity contribution in [2.75, 3.05) is 12.4 Å². The van der Waals surface area contributed by atoms with E-state index in [0.29, 0.717) is 11.8 Å². The molecule has 1 saturated heterocycles. The van der Waals surface area contributed by atoms with E-state index in [9.17, 15) is 23.4 Å². The lowest BCUT2D eigenvalue weighted by Crippen LogP contribution is -2.32. The number of aromatic amines is 1. The molecule has 1 aliphatic heterocycles. The zero-order chi connectivity index (χ0) is 17.5. The Morgan fingerprint density at radius 3 is 2.58 bits per heavy atom. The summed E-state index contributed by atoms with van der Waals surface area (Å²) in [5.74, 6) is -1.13. The van der Waals surface area contributed by atoms with Crippen LogP contribution in [0, 0.1) is 0 Å². The number of ether oxygens (including phenoxy) is 1. The fourth-order valence-electron chi connectivity index (χ4n) is 2.42. The maximum atomic E-state index is 12.4. The summed E-state index contributed by atoms with van der Waals surface area (Å²) in [7, 11) is 0. The summed E-state index contributed by atoms with van der Waals surface area (Å²) >= 11 is 0.468. The quantitative estimate of drug-likeness (QED) is 0.446. The summed E-state index contributed by atoms with van der Waals surface area (Å²) in [5.41, 5.74) is 0.493. The van der Waals surface area contributed by atoms with Gasteiger partial charge in [0, 0.05) is 0 Å². The Morgan fingerprint density at radius 1 is 1.21 bits per heavy atom. The third kappa shape index (κ3) is 3.19. The number of rotatable bonds is 4. The number of aliphatic hydroxyl groups excluding tert-OH is 3. The van der Waals surface area contributed by atoms with Gasteiger partial charge in [-0.2, -0.15) is 18.3 Å². The van der Waals surface area contributed by atoms with Crippen molar-refractivity contribution in [3.05, 3.63) is 12.0 Å². The van der Waals surface area contributed by atoms with Gasteiger partial charge in [0.25, 0.3) is 0 Å². The van der Waals surface area contributed by atoms with Gasteiger partial charge in [0.15, 0.2) is 0 Å². The third-order valence-corrected chi connectivity index (χ3v) is 4.58. The van der Waals surface area contributed by atoms with Crippen molar-refractivity contribution in [3.8, 4) is 0 Å². The van der Waals surface area contributed by atoms with Crippen LogP contribution in [-0.4, -0.2) is 72.3 Å². The summed E-state index contributed by atoms with van der Waals surface area (Å²) in [4.78, 5) is 7.76. The van der Waals surface area contributed by atoms with E-state index in [-0.39, 0.29) is 21.8 Å². The first-order valence-electron chi connectivity index (χ1n) is 6.83. The lowest BCUT2D eigenvalue weighted by atomic mass is 10.1. The molecule has 0 amide bonds. The molecule has 132 valence electrons. The molecule has 1 fully saturated rings. The average Bonchev–Trinajstić information content (AvgIpc) is 3.07. The Balaban J connectivity index is 1.91. The van der Waals surface area contributed by atoms with E-state index in [0.717, 1.165) is 6.33 Å². The molecule has 3 heterocycles. The summed E-state index contributed by atoms with van der Waals surface area (Å²) in [6.07, 6.45) is -7.95. The second kappa shape index (κ2) is 6.44. The number of fused-ring (bicyclic) bond motifs is 1. The minimum absolute atomic E-state index is 0.0339. The predicted octanol–water partition coefficient (Wildman–Crippen LogP) is 0.161. The molecule has 2 aromatic rings. The smallest absolute Gasteiger partial charge is 0.394 e. The maximum Gasteiger partial charge on any atom is 0.398 e.